The summed E-state index contributed by atoms with van der Waals surface area (Å²) in [6.07, 6.45) is 0.572. The average molecular weight is 314 g/mol. The summed E-state index contributed by atoms with van der Waals surface area (Å²) in [5, 5.41) is 8.69. The molecule has 0 radical (unpaired) electrons. The standard InChI is InChI=1S/C13H18N2O5S/c1-15(2)21(16,17)20-11-9-13(19-4)12(18-3)8-10(11)6-5-7-14/h8-9H,5-6H2,1-4H3. The van der Waals surface area contributed by atoms with Gasteiger partial charge in [0.15, 0.2) is 17.2 Å². The summed E-state index contributed by atoms with van der Waals surface area (Å²) in [6.45, 7) is 0. The lowest BCUT2D eigenvalue weighted by molar-refractivity contribution is 0.351. The molecule has 0 spiro atoms. The molecule has 0 bridgehead atoms. The number of hydrogen-bond acceptors (Lipinski definition) is 6. The maximum Gasteiger partial charge on any atom is 0.384 e. The van der Waals surface area contributed by atoms with Gasteiger partial charge in [-0.25, -0.2) is 0 Å². The van der Waals surface area contributed by atoms with Gasteiger partial charge in [0.25, 0.3) is 0 Å². The van der Waals surface area contributed by atoms with Gasteiger partial charge in [-0.1, -0.05) is 0 Å². The van der Waals surface area contributed by atoms with Gasteiger partial charge in [0.2, 0.25) is 0 Å². The van der Waals surface area contributed by atoms with E-state index >= 15 is 0 Å². The second-order valence-corrected chi connectivity index (χ2v) is 6.05. The van der Waals surface area contributed by atoms with Gasteiger partial charge in [-0.15, -0.1) is 0 Å². The van der Waals surface area contributed by atoms with Gasteiger partial charge in [-0.3, -0.25) is 0 Å². The van der Waals surface area contributed by atoms with Crippen molar-refractivity contribution in [1.82, 2.24) is 4.31 Å². The molecule has 0 heterocycles. The van der Waals surface area contributed by atoms with Crippen molar-refractivity contribution in [2.45, 2.75) is 12.8 Å². The normalized spacial score (nSPS) is 11.0. The molecule has 0 amide bonds. The third kappa shape index (κ3) is 4.24. The van der Waals surface area contributed by atoms with Crippen LogP contribution in [-0.2, 0) is 16.7 Å². The molecule has 116 valence electrons. The van der Waals surface area contributed by atoms with Crippen LogP contribution in [0.15, 0.2) is 12.1 Å². The van der Waals surface area contributed by atoms with E-state index in [1.807, 2.05) is 6.07 Å². The Kier molecular flexibility index (Phi) is 5.81. The van der Waals surface area contributed by atoms with Crippen molar-refractivity contribution in [3.05, 3.63) is 17.7 Å². The highest BCUT2D eigenvalue weighted by atomic mass is 32.2. The lowest BCUT2D eigenvalue weighted by atomic mass is 10.1. The number of nitriles is 1. The molecular formula is C13H18N2O5S. The number of hydrogen-bond donors (Lipinski definition) is 0. The first-order valence-corrected chi connectivity index (χ1v) is 7.46. The highest BCUT2D eigenvalue weighted by Gasteiger charge is 2.20. The first-order valence-electron chi connectivity index (χ1n) is 6.09. The zero-order valence-corrected chi connectivity index (χ0v) is 13.2. The number of methoxy groups -OCH3 is 2. The molecule has 0 N–H and O–H groups in total. The third-order valence-electron chi connectivity index (χ3n) is 2.72. The van der Waals surface area contributed by atoms with Crippen LogP contribution in [0.5, 0.6) is 17.2 Å². The minimum Gasteiger partial charge on any atom is -0.493 e. The van der Waals surface area contributed by atoms with Gasteiger partial charge in [0.05, 0.1) is 20.3 Å². The Labute approximate surface area is 124 Å². The molecule has 0 atom stereocenters. The molecule has 0 fully saturated rings. The van der Waals surface area contributed by atoms with Crippen LogP contribution in [0.25, 0.3) is 0 Å². The van der Waals surface area contributed by atoms with E-state index in [1.165, 1.54) is 34.4 Å². The molecule has 1 aromatic rings. The van der Waals surface area contributed by atoms with Crippen molar-refractivity contribution in [2.75, 3.05) is 28.3 Å². The Bertz CT molecular complexity index is 635. The van der Waals surface area contributed by atoms with Crippen molar-refractivity contribution in [3.63, 3.8) is 0 Å². The first kappa shape index (κ1) is 17.1. The zero-order chi connectivity index (χ0) is 16.0. The molecular weight excluding hydrogens is 296 g/mol. The van der Waals surface area contributed by atoms with Crippen LogP contribution in [0.3, 0.4) is 0 Å². The molecule has 0 aliphatic carbocycles. The Morgan fingerprint density at radius 2 is 1.71 bits per heavy atom. The zero-order valence-electron chi connectivity index (χ0n) is 12.4. The van der Waals surface area contributed by atoms with Crippen LogP contribution in [0.4, 0.5) is 0 Å². The van der Waals surface area contributed by atoms with E-state index < -0.39 is 10.3 Å². The van der Waals surface area contributed by atoms with E-state index in [0.29, 0.717) is 23.5 Å². The van der Waals surface area contributed by atoms with Crippen LogP contribution in [0.1, 0.15) is 12.0 Å². The second kappa shape index (κ2) is 7.15. The molecule has 0 aromatic heterocycles. The van der Waals surface area contributed by atoms with Gasteiger partial charge in [0, 0.05) is 32.1 Å². The van der Waals surface area contributed by atoms with Gasteiger partial charge in [-0.2, -0.15) is 18.0 Å². The first-order chi connectivity index (χ1) is 9.85. The summed E-state index contributed by atoms with van der Waals surface area (Å²) in [6, 6.07) is 5.05. The van der Waals surface area contributed by atoms with Crippen molar-refractivity contribution in [3.8, 4) is 23.3 Å². The lowest BCUT2D eigenvalue weighted by Gasteiger charge is -2.17. The maximum atomic E-state index is 11.8. The summed E-state index contributed by atoms with van der Waals surface area (Å²) in [7, 11) is 1.76. The Morgan fingerprint density at radius 3 is 2.19 bits per heavy atom. The maximum absolute atomic E-state index is 11.8. The van der Waals surface area contributed by atoms with Crippen LogP contribution < -0.4 is 13.7 Å². The summed E-state index contributed by atoms with van der Waals surface area (Å²) in [5.74, 6) is 0.916. The van der Waals surface area contributed by atoms with Crippen molar-refractivity contribution >= 4 is 10.3 Å². The number of ether oxygens (including phenoxy) is 2. The van der Waals surface area contributed by atoms with Crippen molar-refractivity contribution < 1.29 is 22.1 Å². The van der Waals surface area contributed by atoms with Crippen molar-refractivity contribution in [1.29, 1.82) is 5.26 Å². The predicted octanol–water partition coefficient (Wildman–Crippen LogP) is 1.35. The quantitative estimate of drug-likeness (QED) is 0.754. The fourth-order valence-corrected chi connectivity index (χ4v) is 2.09. The Hall–Kier alpha value is -1.98. The van der Waals surface area contributed by atoms with E-state index in [-0.39, 0.29) is 12.2 Å². The Morgan fingerprint density at radius 1 is 1.14 bits per heavy atom. The summed E-state index contributed by atoms with van der Waals surface area (Å²) >= 11 is 0. The van der Waals surface area contributed by atoms with E-state index in [0.717, 1.165) is 4.31 Å². The number of aryl methyl sites for hydroxylation is 1. The largest absolute Gasteiger partial charge is 0.493 e. The molecule has 0 unspecified atom stereocenters. The molecule has 0 aliphatic rings. The topological polar surface area (TPSA) is 88.9 Å². The third-order valence-corrected chi connectivity index (χ3v) is 4.00. The minimum atomic E-state index is -3.89. The van der Waals surface area contributed by atoms with Gasteiger partial charge >= 0.3 is 10.3 Å². The molecule has 0 saturated heterocycles. The summed E-state index contributed by atoms with van der Waals surface area (Å²) in [5.41, 5.74) is 0.555. The number of benzene rings is 1. The highest BCUT2D eigenvalue weighted by Crippen LogP contribution is 2.36. The molecule has 1 rings (SSSR count). The number of nitrogens with zero attached hydrogens (tertiary/aromatic N) is 2. The second-order valence-electron chi connectivity index (χ2n) is 4.30. The molecule has 7 nitrogen and oxygen atoms in total. The Balaban J connectivity index is 3.30. The predicted molar refractivity (Wildman–Crippen MR) is 76.7 cm³/mol. The fourth-order valence-electron chi connectivity index (χ4n) is 1.55. The minimum absolute atomic E-state index is 0.122. The summed E-state index contributed by atoms with van der Waals surface area (Å²) in [4.78, 5) is 0. The molecule has 1 aromatic carbocycles. The van der Waals surface area contributed by atoms with Crippen LogP contribution >= 0.6 is 0 Å². The van der Waals surface area contributed by atoms with E-state index in [9.17, 15) is 8.42 Å². The van der Waals surface area contributed by atoms with E-state index in [2.05, 4.69) is 0 Å². The lowest BCUT2D eigenvalue weighted by Crippen LogP contribution is -2.27. The smallest absolute Gasteiger partial charge is 0.384 e. The number of rotatable bonds is 7. The van der Waals surface area contributed by atoms with Gasteiger partial charge < -0.3 is 13.7 Å². The SMILES string of the molecule is COc1cc(CCC#N)c(OS(=O)(=O)N(C)C)cc1OC. The monoisotopic (exact) mass is 314 g/mol. The van der Waals surface area contributed by atoms with Gasteiger partial charge in [-0.05, 0) is 12.5 Å². The highest BCUT2D eigenvalue weighted by molar-refractivity contribution is 7.84. The van der Waals surface area contributed by atoms with Crippen molar-refractivity contribution in [2.24, 2.45) is 0 Å². The fraction of sp³-hybridized carbons (Fsp3) is 0.462. The average Bonchev–Trinajstić information content (AvgIpc) is 2.44. The van der Waals surface area contributed by atoms with E-state index in [4.69, 9.17) is 18.9 Å². The molecule has 0 aliphatic heterocycles. The summed E-state index contributed by atoms with van der Waals surface area (Å²) < 4.78 is 40.0. The van der Waals surface area contributed by atoms with Gasteiger partial charge in [0.1, 0.15) is 0 Å². The molecule has 0 saturated carbocycles. The van der Waals surface area contributed by atoms with Crippen LogP contribution in [0.2, 0.25) is 0 Å². The molecule has 8 heteroatoms. The van der Waals surface area contributed by atoms with Crippen LogP contribution in [0, 0.1) is 11.3 Å². The van der Waals surface area contributed by atoms with Crippen LogP contribution in [-0.4, -0.2) is 41.0 Å². The molecule has 21 heavy (non-hydrogen) atoms. The van der Waals surface area contributed by atoms with E-state index in [1.54, 1.807) is 6.07 Å².